The van der Waals surface area contributed by atoms with E-state index in [0.29, 0.717) is 42.0 Å². The summed E-state index contributed by atoms with van der Waals surface area (Å²) in [6.45, 7) is 6.62. The van der Waals surface area contributed by atoms with Crippen LogP contribution in [0.5, 0.6) is 0 Å². The molecule has 2 heterocycles. The summed E-state index contributed by atoms with van der Waals surface area (Å²) in [5.74, 6) is -0.327. The van der Waals surface area contributed by atoms with Crippen LogP contribution in [0.3, 0.4) is 0 Å². The number of nitrogens with zero attached hydrogens (tertiary/aromatic N) is 3. The van der Waals surface area contributed by atoms with Crippen LogP contribution in [0.2, 0.25) is 5.02 Å². The van der Waals surface area contributed by atoms with Crippen LogP contribution in [0.1, 0.15) is 50.8 Å². The lowest BCUT2D eigenvalue weighted by atomic mass is 9.73. The number of nitrogens with one attached hydrogen (secondary N) is 1. The summed E-state index contributed by atoms with van der Waals surface area (Å²) >= 11 is 6.27. The van der Waals surface area contributed by atoms with Crippen molar-refractivity contribution in [2.75, 3.05) is 19.7 Å². The Hall–Kier alpha value is -3.15. The number of aromatic nitrogens is 2. The fourth-order valence-corrected chi connectivity index (χ4v) is 4.69. The van der Waals surface area contributed by atoms with E-state index in [4.69, 9.17) is 21.1 Å². The highest BCUT2D eigenvalue weighted by molar-refractivity contribution is 6.31. The molecule has 35 heavy (non-hydrogen) atoms. The summed E-state index contributed by atoms with van der Waals surface area (Å²) in [6, 6.07) is 12.0. The van der Waals surface area contributed by atoms with E-state index in [1.807, 2.05) is 20.8 Å². The van der Waals surface area contributed by atoms with Gasteiger partial charge in [0.05, 0.1) is 24.4 Å². The van der Waals surface area contributed by atoms with Gasteiger partial charge in [0.2, 0.25) is 0 Å². The first-order chi connectivity index (χ1) is 16.6. The Morgan fingerprint density at radius 2 is 1.97 bits per heavy atom. The summed E-state index contributed by atoms with van der Waals surface area (Å²) in [5, 5.41) is 18.2. The second-order valence-corrected chi connectivity index (χ2v) is 10.3. The van der Waals surface area contributed by atoms with Crippen molar-refractivity contribution in [3.8, 4) is 6.07 Å². The van der Waals surface area contributed by atoms with Gasteiger partial charge >= 0.3 is 6.09 Å². The van der Waals surface area contributed by atoms with Gasteiger partial charge in [0.1, 0.15) is 11.4 Å². The van der Waals surface area contributed by atoms with Crippen molar-refractivity contribution in [1.29, 1.82) is 5.26 Å². The first-order valence-corrected chi connectivity index (χ1v) is 11.9. The summed E-state index contributed by atoms with van der Waals surface area (Å²) < 4.78 is 25.4. The Morgan fingerprint density at radius 1 is 1.29 bits per heavy atom. The van der Waals surface area contributed by atoms with Crippen molar-refractivity contribution < 1.29 is 18.7 Å². The Morgan fingerprint density at radius 3 is 2.60 bits per heavy atom. The maximum Gasteiger partial charge on any atom is 0.410 e. The third-order valence-corrected chi connectivity index (χ3v) is 6.52. The second kappa shape index (κ2) is 9.84. The number of H-pyrrole nitrogens is 1. The molecular weight excluding hydrogens is 471 g/mol. The van der Waals surface area contributed by atoms with Crippen LogP contribution >= 0.6 is 11.6 Å². The lowest BCUT2D eigenvalue weighted by molar-refractivity contribution is -0.00216. The number of likely N-dealkylation sites (tertiary alicyclic amines) is 1. The Kier molecular flexibility index (Phi) is 7.02. The van der Waals surface area contributed by atoms with Gasteiger partial charge in [-0.05, 0) is 63.4 Å². The molecule has 2 aromatic carbocycles. The standard InChI is InChI=1S/C26H28ClFN4O3/c1-25(2,3)35-24(33)32-10-8-26(9-11-32,18-4-6-20(28)7-5-18)16-34-22(14-29)21-13-19(27)12-17-15-30-31-23(17)21/h4-7,12-13,15,22H,8-11,16H2,1-3H3,(H,30,31). The number of fused-ring (bicyclic) bond motifs is 1. The van der Waals surface area contributed by atoms with E-state index < -0.39 is 17.1 Å². The number of nitriles is 1. The highest BCUT2D eigenvalue weighted by Crippen LogP contribution is 2.38. The zero-order valence-electron chi connectivity index (χ0n) is 20.0. The van der Waals surface area contributed by atoms with E-state index in [-0.39, 0.29) is 18.5 Å². The van der Waals surface area contributed by atoms with Crippen molar-refractivity contribution in [2.45, 2.75) is 50.7 Å². The van der Waals surface area contributed by atoms with Crippen LogP contribution in [0, 0.1) is 17.1 Å². The quantitative estimate of drug-likeness (QED) is 0.472. The van der Waals surface area contributed by atoms with Gasteiger partial charge in [0.25, 0.3) is 0 Å². The summed E-state index contributed by atoms with van der Waals surface area (Å²) in [5.41, 5.74) is 1.11. The summed E-state index contributed by atoms with van der Waals surface area (Å²) in [4.78, 5) is 14.3. The van der Waals surface area contributed by atoms with Gasteiger partial charge in [0, 0.05) is 34.5 Å². The van der Waals surface area contributed by atoms with Gasteiger partial charge in [-0.2, -0.15) is 10.4 Å². The van der Waals surface area contributed by atoms with Crippen LogP contribution in [0.15, 0.2) is 42.6 Å². The maximum atomic E-state index is 13.7. The molecule has 184 valence electrons. The summed E-state index contributed by atoms with van der Waals surface area (Å²) in [7, 11) is 0. The van der Waals surface area contributed by atoms with Crippen LogP contribution in [0.4, 0.5) is 9.18 Å². The highest BCUT2D eigenvalue weighted by atomic mass is 35.5. The number of amides is 1. The molecule has 9 heteroatoms. The lowest BCUT2D eigenvalue weighted by Crippen LogP contribution is -2.48. The zero-order valence-corrected chi connectivity index (χ0v) is 20.7. The number of carbonyl (C=O) groups is 1. The first kappa shape index (κ1) is 25.0. The predicted octanol–water partition coefficient (Wildman–Crippen LogP) is 5.91. The molecule has 1 amide bonds. The van der Waals surface area contributed by atoms with Crippen LogP contribution in [-0.2, 0) is 14.9 Å². The topological polar surface area (TPSA) is 91.2 Å². The van der Waals surface area contributed by atoms with Gasteiger partial charge in [-0.15, -0.1) is 0 Å². The number of carbonyl (C=O) groups excluding carboxylic acids is 1. The smallest absolute Gasteiger partial charge is 0.410 e. The molecule has 0 spiro atoms. The van der Waals surface area contributed by atoms with Crippen LogP contribution < -0.4 is 0 Å². The maximum absolute atomic E-state index is 13.7. The van der Waals surface area contributed by atoms with Gasteiger partial charge < -0.3 is 14.4 Å². The van der Waals surface area contributed by atoms with E-state index in [0.717, 1.165) is 10.9 Å². The van der Waals surface area contributed by atoms with Crippen LogP contribution in [-0.4, -0.2) is 46.5 Å². The zero-order chi connectivity index (χ0) is 25.2. The van der Waals surface area contributed by atoms with E-state index in [1.165, 1.54) is 12.1 Å². The van der Waals surface area contributed by atoms with Crippen molar-refractivity contribution in [3.05, 3.63) is 64.6 Å². The van der Waals surface area contributed by atoms with Gasteiger partial charge in [-0.25, -0.2) is 9.18 Å². The fraction of sp³-hybridized carbons (Fsp3) is 0.423. The Balaban J connectivity index is 1.57. The largest absolute Gasteiger partial charge is 0.444 e. The highest BCUT2D eigenvalue weighted by Gasteiger charge is 2.39. The molecule has 7 nitrogen and oxygen atoms in total. The van der Waals surface area contributed by atoms with Crippen molar-refractivity contribution in [1.82, 2.24) is 15.1 Å². The number of aromatic amines is 1. The lowest BCUT2D eigenvalue weighted by Gasteiger charge is -2.42. The first-order valence-electron chi connectivity index (χ1n) is 11.5. The molecule has 4 rings (SSSR count). The van der Waals surface area contributed by atoms with Gasteiger partial charge in [-0.3, -0.25) is 5.10 Å². The summed E-state index contributed by atoms with van der Waals surface area (Å²) in [6.07, 6.45) is 1.54. The van der Waals surface area contributed by atoms with E-state index in [1.54, 1.807) is 35.4 Å². The molecule has 1 aliphatic rings. The molecule has 1 saturated heterocycles. The number of hydrogen-bond acceptors (Lipinski definition) is 5. The molecule has 0 radical (unpaired) electrons. The Labute approximate surface area is 208 Å². The number of ether oxygens (including phenoxy) is 2. The molecule has 3 aromatic rings. The monoisotopic (exact) mass is 498 g/mol. The van der Waals surface area contributed by atoms with Crippen molar-refractivity contribution in [2.24, 2.45) is 0 Å². The fourth-order valence-electron chi connectivity index (χ4n) is 4.46. The number of rotatable bonds is 5. The number of piperidine rings is 1. The number of benzene rings is 2. The normalized spacial score (nSPS) is 16.6. The third kappa shape index (κ3) is 5.58. The number of halogens is 2. The minimum absolute atomic E-state index is 0.209. The molecular formula is C26H28ClFN4O3. The molecule has 0 aliphatic carbocycles. The molecule has 1 unspecified atom stereocenters. The van der Waals surface area contributed by atoms with Gasteiger partial charge in [-0.1, -0.05) is 23.7 Å². The minimum atomic E-state index is -0.891. The molecule has 1 atom stereocenters. The van der Waals surface area contributed by atoms with E-state index in [9.17, 15) is 14.4 Å². The minimum Gasteiger partial charge on any atom is -0.444 e. The Bertz CT molecular complexity index is 1240. The van der Waals surface area contributed by atoms with E-state index in [2.05, 4.69) is 16.3 Å². The predicted molar refractivity (Wildman–Crippen MR) is 131 cm³/mol. The molecule has 0 bridgehead atoms. The molecule has 1 aromatic heterocycles. The second-order valence-electron chi connectivity index (χ2n) is 9.90. The van der Waals surface area contributed by atoms with E-state index >= 15 is 0 Å². The molecule has 1 aliphatic heterocycles. The average molecular weight is 499 g/mol. The average Bonchev–Trinajstić information content (AvgIpc) is 3.27. The molecule has 1 N–H and O–H groups in total. The third-order valence-electron chi connectivity index (χ3n) is 6.30. The van der Waals surface area contributed by atoms with Crippen molar-refractivity contribution in [3.63, 3.8) is 0 Å². The number of hydrogen-bond donors (Lipinski definition) is 1. The molecule has 1 fully saturated rings. The molecule has 0 saturated carbocycles. The van der Waals surface area contributed by atoms with Crippen LogP contribution in [0.25, 0.3) is 10.9 Å². The SMILES string of the molecule is CC(C)(C)OC(=O)N1CCC(COC(C#N)c2cc(Cl)cc3cn[nH]c23)(c2ccc(F)cc2)CC1. The van der Waals surface area contributed by atoms with Crippen molar-refractivity contribution >= 4 is 28.6 Å². The van der Waals surface area contributed by atoms with Gasteiger partial charge in [0.15, 0.2) is 6.10 Å².